The van der Waals surface area contributed by atoms with Gasteiger partial charge in [0.2, 0.25) is 0 Å². The van der Waals surface area contributed by atoms with E-state index in [4.69, 9.17) is 0 Å². The van der Waals surface area contributed by atoms with Crippen molar-refractivity contribution < 1.29 is 9.53 Å². The number of ether oxygens (including phenoxy) is 1. The van der Waals surface area contributed by atoms with Crippen molar-refractivity contribution in [1.29, 1.82) is 0 Å². The molecular weight excluding hydrogens is 196 g/mol. The number of esters is 1. The van der Waals surface area contributed by atoms with Crippen LogP contribution in [0, 0.1) is 0 Å². The Kier molecular flexibility index (Phi) is 4.01. The van der Waals surface area contributed by atoms with Crippen LogP contribution in [0.5, 0.6) is 0 Å². The summed E-state index contributed by atoms with van der Waals surface area (Å²) >= 11 is 1.65. The van der Waals surface area contributed by atoms with Gasteiger partial charge < -0.3 is 4.74 Å². The molecule has 0 heterocycles. The van der Waals surface area contributed by atoms with E-state index in [1.165, 1.54) is 12.7 Å². The molecule has 0 aliphatic carbocycles. The second-order valence-corrected chi connectivity index (χ2v) is 3.72. The number of rotatable bonds is 3. The Morgan fingerprint density at radius 2 is 2.21 bits per heavy atom. The second kappa shape index (κ2) is 5.05. The van der Waals surface area contributed by atoms with Crippen LogP contribution in [0.1, 0.15) is 22.8 Å². The number of hydrogen-bond acceptors (Lipinski definition) is 3. The van der Waals surface area contributed by atoms with Gasteiger partial charge in [0.1, 0.15) is 0 Å². The van der Waals surface area contributed by atoms with Crippen LogP contribution in [0.15, 0.2) is 23.1 Å². The van der Waals surface area contributed by atoms with Crippen LogP contribution < -0.4 is 0 Å². The van der Waals surface area contributed by atoms with Crippen LogP contribution in [0.25, 0.3) is 0 Å². The Morgan fingerprint density at radius 1 is 1.50 bits per heavy atom. The Hall–Kier alpha value is -0.960. The first-order valence-corrected chi connectivity index (χ1v) is 5.70. The number of thioether (sulfide) groups is 1. The van der Waals surface area contributed by atoms with Crippen molar-refractivity contribution in [3.8, 4) is 0 Å². The molecule has 0 amide bonds. The highest BCUT2D eigenvalue weighted by molar-refractivity contribution is 7.98. The summed E-state index contributed by atoms with van der Waals surface area (Å²) in [4.78, 5) is 12.4. The van der Waals surface area contributed by atoms with Crippen LogP contribution in [-0.4, -0.2) is 19.3 Å². The summed E-state index contributed by atoms with van der Waals surface area (Å²) in [5, 5.41) is 0. The predicted molar refractivity (Wildman–Crippen MR) is 58.9 cm³/mol. The van der Waals surface area contributed by atoms with E-state index >= 15 is 0 Å². The van der Waals surface area contributed by atoms with Crippen molar-refractivity contribution in [3.63, 3.8) is 0 Å². The van der Waals surface area contributed by atoms with E-state index in [-0.39, 0.29) is 5.97 Å². The molecule has 0 aromatic heterocycles. The average molecular weight is 210 g/mol. The summed E-state index contributed by atoms with van der Waals surface area (Å²) in [5.41, 5.74) is 1.89. The summed E-state index contributed by atoms with van der Waals surface area (Å²) in [6.07, 6.45) is 2.99. The van der Waals surface area contributed by atoms with Gasteiger partial charge in [-0.1, -0.05) is 13.0 Å². The molecule has 0 radical (unpaired) electrons. The van der Waals surface area contributed by atoms with Gasteiger partial charge >= 0.3 is 5.97 Å². The molecule has 1 aromatic rings. The molecule has 1 aromatic carbocycles. The highest BCUT2D eigenvalue weighted by atomic mass is 32.2. The first kappa shape index (κ1) is 11.1. The van der Waals surface area contributed by atoms with Crippen LogP contribution in [0.4, 0.5) is 0 Å². The first-order chi connectivity index (χ1) is 6.72. The summed E-state index contributed by atoms with van der Waals surface area (Å²) in [6, 6.07) is 5.68. The smallest absolute Gasteiger partial charge is 0.337 e. The van der Waals surface area contributed by atoms with Gasteiger partial charge in [0, 0.05) is 4.90 Å². The zero-order chi connectivity index (χ0) is 10.6. The maximum atomic E-state index is 11.2. The number of aryl methyl sites for hydroxylation is 1. The quantitative estimate of drug-likeness (QED) is 0.567. The molecule has 2 nitrogen and oxygen atoms in total. The number of hydrogen-bond donors (Lipinski definition) is 0. The standard InChI is InChI=1S/C11H14O2S/c1-4-8-5-6-9(11(12)13-2)7-10(8)14-3/h5-7H,4H2,1-3H3. The second-order valence-electron chi connectivity index (χ2n) is 2.87. The zero-order valence-corrected chi connectivity index (χ0v) is 9.48. The van der Waals surface area contributed by atoms with Crippen molar-refractivity contribution in [1.82, 2.24) is 0 Å². The van der Waals surface area contributed by atoms with Crippen LogP contribution >= 0.6 is 11.8 Å². The summed E-state index contributed by atoms with van der Waals surface area (Å²) in [5.74, 6) is -0.275. The number of carbonyl (C=O) groups is 1. The highest BCUT2D eigenvalue weighted by Crippen LogP contribution is 2.22. The summed E-state index contributed by atoms with van der Waals surface area (Å²) in [6.45, 7) is 2.10. The molecule has 0 N–H and O–H groups in total. The molecule has 14 heavy (non-hydrogen) atoms. The van der Waals surface area contributed by atoms with E-state index in [1.54, 1.807) is 11.8 Å². The summed E-state index contributed by atoms with van der Waals surface area (Å²) < 4.78 is 4.66. The first-order valence-electron chi connectivity index (χ1n) is 4.48. The largest absolute Gasteiger partial charge is 0.465 e. The SMILES string of the molecule is CCc1ccc(C(=O)OC)cc1SC. The molecule has 0 fully saturated rings. The number of carbonyl (C=O) groups excluding carboxylic acids is 1. The van der Waals surface area contributed by atoms with E-state index in [2.05, 4.69) is 11.7 Å². The lowest BCUT2D eigenvalue weighted by Gasteiger charge is -2.06. The van der Waals surface area contributed by atoms with E-state index in [9.17, 15) is 4.79 Å². The van der Waals surface area contributed by atoms with Gasteiger partial charge in [-0.3, -0.25) is 0 Å². The molecule has 0 bridgehead atoms. The van der Waals surface area contributed by atoms with Crippen molar-refractivity contribution in [2.75, 3.05) is 13.4 Å². The lowest BCUT2D eigenvalue weighted by Crippen LogP contribution is -2.01. The molecular formula is C11H14O2S. The Labute approximate surface area is 88.7 Å². The highest BCUT2D eigenvalue weighted by Gasteiger charge is 2.07. The van der Waals surface area contributed by atoms with Crippen LogP contribution in [0.2, 0.25) is 0 Å². The topological polar surface area (TPSA) is 26.3 Å². The third-order valence-corrected chi connectivity index (χ3v) is 2.91. The fraction of sp³-hybridized carbons (Fsp3) is 0.364. The summed E-state index contributed by atoms with van der Waals surface area (Å²) in [7, 11) is 1.40. The molecule has 0 atom stereocenters. The van der Waals surface area contributed by atoms with E-state index in [0.29, 0.717) is 5.56 Å². The van der Waals surface area contributed by atoms with E-state index in [0.717, 1.165) is 11.3 Å². The van der Waals surface area contributed by atoms with E-state index < -0.39 is 0 Å². The average Bonchev–Trinajstić information content (AvgIpc) is 2.26. The van der Waals surface area contributed by atoms with Gasteiger partial charge in [-0.25, -0.2) is 4.79 Å². The van der Waals surface area contributed by atoms with Gasteiger partial charge in [-0.2, -0.15) is 0 Å². The minimum atomic E-state index is -0.275. The van der Waals surface area contributed by atoms with Crippen LogP contribution in [0.3, 0.4) is 0 Å². The molecule has 0 spiro atoms. The Balaban J connectivity index is 3.07. The van der Waals surface area contributed by atoms with Gasteiger partial charge in [0.25, 0.3) is 0 Å². The van der Waals surface area contributed by atoms with Crippen molar-refractivity contribution in [2.45, 2.75) is 18.2 Å². The van der Waals surface area contributed by atoms with E-state index in [1.807, 2.05) is 24.5 Å². The molecule has 76 valence electrons. The fourth-order valence-electron chi connectivity index (χ4n) is 1.28. The lowest BCUT2D eigenvalue weighted by molar-refractivity contribution is 0.0600. The fourth-order valence-corrected chi connectivity index (χ4v) is 2.00. The van der Waals surface area contributed by atoms with Gasteiger partial charge in [0.15, 0.2) is 0 Å². The molecule has 0 saturated carbocycles. The Morgan fingerprint density at radius 3 is 2.71 bits per heavy atom. The monoisotopic (exact) mass is 210 g/mol. The number of methoxy groups -OCH3 is 1. The Bertz CT molecular complexity index is 334. The van der Waals surface area contributed by atoms with Gasteiger partial charge in [0.05, 0.1) is 12.7 Å². The van der Waals surface area contributed by atoms with Crippen molar-refractivity contribution >= 4 is 17.7 Å². The maximum Gasteiger partial charge on any atom is 0.337 e. The third-order valence-electron chi connectivity index (χ3n) is 2.09. The normalized spacial score (nSPS) is 9.93. The van der Waals surface area contributed by atoms with Crippen LogP contribution in [-0.2, 0) is 11.2 Å². The molecule has 0 unspecified atom stereocenters. The zero-order valence-electron chi connectivity index (χ0n) is 8.66. The predicted octanol–water partition coefficient (Wildman–Crippen LogP) is 2.76. The van der Waals surface area contributed by atoms with Gasteiger partial charge in [-0.05, 0) is 30.4 Å². The minimum absolute atomic E-state index is 0.275. The molecule has 0 aliphatic rings. The maximum absolute atomic E-state index is 11.2. The molecule has 3 heteroatoms. The molecule has 0 saturated heterocycles. The van der Waals surface area contributed by atoms with Crippen molar-refractivity contribution in [2.24, 2.45) is 0 Å². The van der Waals surface area contributed by atoms with Gasteiger partial charge in [-0.15, -0.1) is 11.8 Å². The minimum Gasteiger partial charge on any atom is -0.465 e. The lowest BCUT2D eigenvalue weighted by atomic mass is 10.1. The third kappa shape index (κ3) is 2.29. The molecule has 0 aliphatic heterocycles. The number of benzene rings is 1. The van der Waals surface area contributed by atoms with Crippen molar-refractivity contribution in [3.05, 3.63) is 29.3 Å². The molecule has 1 rings (SSSR count).